The summed E-state index contributed by atoms with van der Waals surface area (Å²) in [6.07, 6.45) is 5.41. The summed E-state index contributed by atoms with van der Waals surface area (Å²) in [6, 6.07) is 8.03. The van der Waals surface area contributed by atoms with Crippen molar-refractivity contribution in [3.05, 3.63) is 52.3 Å². The zero-order chi connectivity index (χ0) is 18.7. The molecule has 1 aromatic heterocycles. The first kappa shape index (κ1) is 18.6. The molecule has 3 rings (SSSR count). The number of rotatable bonds is 7. The third-order valence-electron chi connectivity index (χ3n) is 4.57. The maximum atomic E-state index is 12.5. The molecule has 1 fully saturated rings. The number of benzene rings is 1. The first-order valence-electron chi connectivity index (χ1n) is 8.58. The van der Waals surface area contributed by atoms with Gasteiger partial charge in [0.1, 0.15) is 12.1 Å². The number of ether oxygens (including phenoxy) is 1. The molecule has 1 aliphatic rings. The van der Waals surface area contributed by atoms with Crippen LogP contribution < -0.4 is 5.32 Å². The van der Waals surface area contributed by atoms with Crippen molar-refractivity contribution in [3.63, 3.8) is 0 Å². The van der Waals surface area contributed by atoms with E-state index in [9.17, 15) is 9.59 Å². The zero-order valence-electron chi connectivity index (χ0n) is 14.9. The molecule has 1 atom stereocenters. The van der Waals surface area contributed by atoms with Gasteiger partial charge in [0.25, 0.3) is 0 Å². The zero-order valence-corrected chi connectivity index (χ0v) is 16.5. The van der Waals surface area contributed by atoms with E-state index in [0.717, 1.165) is 28.4 Å². The van der Waals surface area contributed by atoms with Crippen molar-refractivity contribution in [2.24, 2.45) is 5.92 Å². The SMILES string of the molecule is CC(=O)N[C@](C)(C(=O)OCc1cnn(Cc2ccc(Br)cc2)c1)C1CC1. The number of halogens is 1. The highest BCUT2D eigenvalue weighted by atomic mass is 79.9. The summed E-state index contributed by atoms with van der Waals surface area (Å²) in [6.45, 7) is 3.94. The molecule has 0 unspecified atom stereocenters. The van der Waals surface area contributed by atoms with E-state index >= 15 is 0 Å². The molecule has 1 heterocycles. The molecular formula is C19H22BrN3O3. The summed E-state index contributed by atoms with van der Waals surface area (Å²) in [5.74, 6) is -0.464. The number of amides is 1. The molecule has 0 radical (unpaired) electrons. The molecule has 2 aromatic rings. The molecule has 0 spiro atoms. The average Bonchev–Trinajstić information content (AvgIpc) is 3.36. The maximum Gasteiger partial charge on any atom is 0.332 e. The highest BCUT2D eigenvalue weighted by Crippen LogP contribution is 2.40. The number of esters is 1. The van der Waals surface area contributed by atoms with Crippen LogP contribution in [0.25, 0.3) is 0 Å². The Morgan fingerprint density at radius 3 is 2.62 bits per heavy atom. The van der Waals surface area contributed by atoms with E-state index in [2.05, 4.69) is 26.3 Å². The van der Waals surface area contributed by atoms with Gasteiger partial charge in [0.05, 0.1) is 12.7 Å². The predicted octanol–water partition coefficient (Wildman–Crippen LogP) is 3.04. The van der Waals surface area contributed by atoms with Crippen LogP contribution in [0.5, 0.6) is 0 Å². The van der Waals surface area contributed by atoms with Crippen LogP contribution in [0, 0.1) is 5.92 Å². The molecule has 1 saturated carbocycles. The van der Waals surface area contributed by atoms with E-state index in [4.69, 9.17) is 4.74 Å². The van der Waals surface area contributed by atoms with Gasteiger partial charge in [-0.1, -0.05) is 28.1 Å². The highest BCUT2D eigenvalue weighted by molar-refractivity contribution is 9.10. The molecule has 1 amide bonds. The smallest absolute Gasteiger partial charge is 0.332 e. The lowest BCUT2D eigenvalue weighted by atomic mass is 9.96. The van der Waals surface area contributed by atoms with Gasteiger partial charge < -0.3 is 10.1 Å². The van der Waals surface area contributed by atoms with Crippen LogP contribution in [0.15, 0.2) is 41.1 Å². The first-order valence-corrected chi connectivity index (χ1v) is 9.38. The maximum absolute atomic E-state index is 12.5. The molecule has 1 N–H and O–H groups in total. The van der Waals surface area contributed by atoms with Crippen LogP contribution >= 0.6 is 15.9 Å². The molecule has 7 heteroatoms. The standard InChI is InChI=1S/C19H22BrN3O3/c1-13(24)22-19(2,16-5-6-16)18(25)26-12-15-9-21-23(11-15)10-14-3-7-17(20)8-4-14/h3-4,7-9,11,16H,5-6,10,12H2,1-2H3,(H,22,24)/t19-/m0/s1. The van der Waals surface area contributed by atoms with Gasteiger partial charge in [-0.3, -0.25) is 9.48 Å². The summed E-state index contributed by atoms with van der Waals surface area (Å²) in [5, 5.41) is 7.07. The van der Waals surface area contributed by atoms with Gasteiger partial charge in [-0.25, -0.2) is 4.79 Å². The number of nitrogens with zero attached hydrogens (tertiary/aromatic N) is 2. The van der Waals surface area contributed by atoms with E-state index in [-0.39, 0.29) is 18.4 Å². The number of aromatic nitrogens is 2. The van der Waals surface area contributed by atoms with Crippen molar-refractivity contribution < 1.29 is 14.3 Å². The molecule has 6 nitrogen and oxygen atoms in total. The molecule has 0 bridgehead atoms. The predicted molar refractivity (Wildman–Crippen MR) is 100 cm³/mol. The van der Waals surface area contributed by atoms with Gasteiger partial charge >= 0.3 is 5.97 Å². The van der Waals surface area contributed by atoms with Crippen molar-refractivity contribution in [1.82, 2.24) is 15.1 Å². The summed E-state index contributed by atoms with van der Waals surface area (Å²) in [5.41, 5.74) is 1.00. The second-order valence-electron chi connectivity index (χ2n) is 6.91. The van der Waals surface area contributed by atoms with E-state index in [0.29, 0.717) is 6.54 Å². The Kier molecular flexibility index (Phi) is 5.46. The van der Waals surface area contributed by atoms with Crippen LogP contribution in [0.2, 0.25) is 0 Å². The third-order valence-corrected chi connectivity index (χ3v) is 5.10. The fourth-order valence-electron chi connectivity index (χ4n) is 2.99. The van der Waals surface area contributed by atoms with Gasteiger partial charge in [0.15, 0.2) is 0 Å². The molecule has 26 heavy (non-hydrogen) atoms. The average molecular weight is 420 g/mol. The minimum Gasteiger partial charge on any atom is -0.459 e. The second kappa shape index (κ2) is 7.61. The van der Waals surface area contributed by atoms with Crippen LogP contribution in [0.1, 0.15) is 37.8 Å². The molecule has 138 valence electrons. The van der Waals surface area contributed by atoms with E-state index in [1.165, 1.54) is 6.92 Å². The van der Waals surface area contributed by atoms with Crippen LogP contribution in [0.3, 0.4) is 0 Å². The number of carbonyl (C=O) groups excluding carboxylic acids is 2. The van der Waals surface area contributed by atoms with Crippen molar-refractivity contribution in [3.8, 4) is 0 Å². The van der Waals surface area contributed by atoms with Crippen LogP contribution in [-0.4, -0.2) is 27.2 Å². The number of hydrogen-bond acceptors (Lipinski definition) is 4. The van der Waals surface area contributed by atoms with Gasteiger partial charge in [0.2, 0.25) is 5.91 Å². The summed E-state index contributed by atoms with van der Waals surface area (Å²) >= 11 is 3.42. The third kappa shape index (κ3) is 4.52. The quantitative estimate of drug-likeness (QED) is 0.699. The molecule has 1 aliphatic carbocycles. The Balaban J connectivity index is 1.57. The second-order valence-corrected chi connectivity index (χ2v) is 7.82. The van der Waals surface area contributed by atoms with Crippen molar-refractivity contribution in [2.45, 2.75) is 45.4 Å². The topological polar surface area (TPSA) is 73.2 Å². The lowest BCUT2D eigenvalue weighted by molar-refractivity contribution is -0.155. The number of carbonyl (C=O) groups is 2. The fraction of sp³-hybridized carbons (Fsp3) is 0.421. The minimum absolute atomic E-state index is 0.140. The number of hydrogen-bond donors (Lipinski definition) is 1. The number of nitrogens with one attached hydrogen (secondary N) is 1. The molecule has 0 saturated heterocycles. The van der Waals surface area contributed by atoms with Crippen molar-refractivity contribution in [1.29, 1.82) is 0 Å². The Morgan fingerprint density at radius 2 is 2.00 bits per heavy atom. The summed E-state index contributed by atoms with van der Waals surface area (Å²) in [4.78, 5) is 23.9. The highest BCUT2D eigenvalue weighted by Gasteiger charge is 2.49. The summed E-state index contributed by atoms with van der Waals surface area (Å²) < 4.78 is 8.30. The van der Waals surface area contributed by atoms with Crippen LogP contribution in [-0.2, 0) is 27.5 Å². The van der Waals surface area contributed by atoms with Crippen molar-refractivity contribution >= 4 is 27.8 Å². The largest absolute Gasteiger partial charge is 0.459 e. The summed E-state index contributed by atoms with van der Waals surface area (Å²) in [7, 11) is 0. The van der Waals surface area contributed by atoms with Gasteiger partial charge in [-0.15, -0.1) is 0 Å². The minimum atomic E-state index is -0.945. The Morgan fingerprint density at radius 1 is 1.31 bits per heavy atom. The Labute approximate surface area is 161 Å². The molecule has 0 aliphatic heterocycles. The van der Waals surface area contributed by atoms with E-state index in [1.54, 1.807) is 17.8 Å². The Hall–Kier alpha value is -2.15. The van der Waals surface area contributed by atoms with Crippen LogP contribution in [0.4, 0.5) is 0 Å². The molecule has 1 aromatic carbocycles. The molecular weight excluding hydrogens is 398 g/mol. The van der Waals surface area contributed by atoms with Gasteiger partial charge in [0, 0.05) is 23.2 Å². The fourth-order valence-corrected chi connectivity index (χ4v) is 3.25. The van der Waals surface area contributed by atoms with Gasteiger partial charge in [-0.05, 0) is 43.4 Å². The first-order chi connectivity index (χ1) is 12.4. The van der Waals surface area contributed by atoms with Gasteiger partial charge in [-0.2, -0.15) is 5.10 Å². The normalized spacial score (nSPS) is 16.0. The van der Waals surface area contributed by atoms with E-state index < -0.39 is 11.5 Å². The lowest BCUT2D eigenvalue weighted by Crippen LogP contribution is -2.54. The van der Waals surface area contributed by atoms with Crippen molar-refractivity contribution in [2.75, 3.05) is 0 Å². The lowest BCUT2D eigenvalue weighted by Gasteiger charge is -2.27. The Bertz CT molecular complexity index is 799. The van der Waals surface area contributed by atoms with E-state index in [1.807, 2.05) is 30.5 Å². The monoisotopic (exact) mass is 419 g/mol.